The van der Waals surface area contributed by atoms with Gasteiger partial charge in [0.2, 0.25) is 11.5 Å². The molecule has 2 aromatic carbocycles. The van der Waals surface area contributed by atoms with Gasteiger partial charge in [-0.2, -0.15) is 0 Å². The summed E-state index contributed by atoms with van der Waals surface area (Å²) in [4.78, 5) is 36.0. The molecule has 1 aliphatic heterocycles. The third kappa shape index (κ3) is 3.66. The summed E-state index contributed by atoms with van der Waals surface area (Å²) in [5.41, 5.74) is 1.44. The Labute approximate surface area is 165 Å². The molecule has 0 saturated heterocycles. The van der Waals surface area contributed by atoms with Gasteiger partial charge in [-0.25, -0.2) is 9.59 Å². The fourth-order valence-corrected chi connectivity index (χ4v) is 2.77. The minimum Gasteiger partial charge on any atom is -0.465 e. The number of hydrogen-bond donors (Lipinski definition) is 0. The quantitative estimate of drug-likeness (QED) is 0.379. The molecule has 144 valence electrons. The Bertz CT molecular complexity index is 1120. The topological polar surface area (TPSA) is 92.0 Å². The van der Waals surface area contributed by atoms with E-state index in [0.717, 1.165) is 0 Å². The van der Waals surface area contributed by atoms with Crippen LogP contribution in [0.25, 0.3) is 6.08 Å². The highest BCUT2D eigenvalue weighted by Gasteiger charge is 2.28. The van der Waals surface area contributed by atoms with Crippen molar-refractivity contribution in [2.45, 2.75) is 0 Å². The average molecular weight is 390 g/mol. The molecule has 0 saturated carbocycles. The summed E-state index contributed by atoms with van der Waals surface area (Å²) < 4.78 is 20.5. The number of carbonyl (C=O) groups is 3. The number of fused-ring (bicyclic) bond motifs is 1. The van der Waals surface area contributed by atoms with Crippen molar-refractivity contribution in [3.63, 3.8) is 0 Å². The molecule has 0 aliphatic carbocycles. The first kappa shape index (κ1) is 18.2. The van der Waals surface area contributed by atoms with Gasteiger partial charge in [0.15, 0.2) is 5.76 Å². The van der Waals surface area contributed by atoms with Crippen molar-refractivity contribution in [3.05, 3.63) is 89.1 Å². The van der Waals surface area contributed by atoms with Gasteiger partial charge in [-0.3, -0.25) is 4.79 Å². The van der Waals surface area contributed by atoms with Crippen molar-refractivity contribution in [2.24, 2.45) is 0 Å². The highest BCUT2D eigenvalue weighted by atomic mass is 16.5. The standard InChI is InChI=1S/C22H14O7/c1-26-21(24)14-6-4-13(5-7-14)11-19-20(23)16-9-8-15(12-18(16)29-19)28-22(25)17-3-2-10-27-17/h2-12H,1H3/b19-11+. The lowest BCUT2D eigenvalue weighted by molar-refractivity contribution is 0.0600. The average Bonchev–Trinajstić information content (AvgIpc) is 3.37. The van der Waals surface area contributed by atoms with Crippen molar-refractivity contribution < 1.29 is 33.0 Å². The maximum Gasteiger partial charge on any atom is 0.379 e. The van der Waals surface area contributed by atoms with Gasteiger partial charge < -0.3 is 18.6 Å². The number of rotatable bonds is 4. The van der Waals surface area contributed by atoms with Crippen LogP contribution in [0.2, 0.25) is 0 Å². The van der Waals surface area contributed by atoms with Crippen LogP contribution in [0.15, 0.2) is 71.0 Å². The lowest BCUT2D eigenvalue weighted by Crippen LogP contribution is -2.07. The van der Waals surface area contributed by atoms with E-state index in [9.17, 15) is 14.4 Å². The molecule has 4 rings (SSSR count). The number of benzene rings is 2. The first-order valence-electron chi connectivity index (χ1n) is 8.57. The van der Waals surface area contributed by atoms with Gasteiger partial charge >= 0.3 is 11.9 Å². The highest BCUT2D eigenvalue weighted by Crippen LogP contribution is 2.35. The molecule has 1 aliphatic rings. The lowest BCUT2D eigenvalue weighted by Gasteiger charge is -2.04. The number of esters is 2. The van der Waals surface area contributed by atoms with E-state index in [1.54, 1.807) is 36.4 Å². The number of carbonyl (C=O) groups excluding carboxylic acids is 3. The van der Waals surface area contributed by atoms with Gasteiger partial charge in [-0.1, -0.05) is 12.1 Å². The molecule has 0 amide bonds. The molecule has 0 atom stereocenters. The lowest BCUT2D eigenvalue weighted by atomic mass is 10.1. The Hall–Kier alpha value is -4.13. The fraction of sp³-hybridized carbons (Fsp3) is 0.0455. The van der Waals surface area contributed by atoms with E-state index in [-0.39, 0.29) is 28.8 Å². The van der Waals surface area contributed by atoms with Crippen molar-refractivity contribution in [2.75, 3.05) is 7.11 Å². The van der Waals surface area contributed by atoms with Gasteiger partial charge in [0.25, 0.3) is 0 Å². The zero-order valence-electron chi connectivity index (χ0n) is 15.2. The van der Waals surface area contributed by atoms with Crippen molar-refractivity contribution in [1.82, 2.24) is 0 Å². The summed E-state index contributed by atoms with van der Waals surface area (Å²) in [6.45, 7) is 0. The Balaban J connectivity index is 1.52. The Morgan fingerprint density at radius 2 is 1.79 bits per heavy atom. The largest absolute Gasteiger partial charge is 0.465 e. The van der Waals surface area contributed by atoms with Crippen LogP contribution in [0.4, 0.5) is 0 Å². The second kappa shape index (κ2) is 7.47. The fourth-order valence-electron chi connectivity index (χ4n) is 2.77. The molecule has 0 spiro atoms. The Morgan fingerprint density at radius 3 is 2.48 bits per heavy atom. The SMILES string of the molecule is COC(=O)c1ccc(/C=C2/Oc3cc(OC(=O)c4ccco4)ccc3C2=O)cc1. The molecule has 1 aromatic heterocycles. The first-order valence-corrected chi connectivity index (χ1v) is 8.57. The molecule has 3 aromatic rings. The summed E-state index contributed by atoms with van der Waals surface area (Å²) >= 11 is 0. The third-order valence-corrected chi connectivity index (χ3v) is 4.20. The van der Waals surface area contributed by atoms with Gasteiger partial charge in [0, 0.05) is 6.07 Å². The van der Waals surface area contributed by atoms with Crippen molar-refractivity contribution in [1.29, 1.82) is 0 Å². The monoisotopic (exact) mass is 390 g/mol. The summed E-state index contributed by atoms with van der Waals surface area (Å²) in [7, 11) is 1.31. The van der Waals surface area contributed by atoms with Gasteiger partial charge in [0.1, 0.15) is 11.5 Å². The third-order valence-electron chi connectivity index (χ3n) is 4.20. The smallest absolute Gasteiger partial charge is 0.379 e. The molecule has 0 unspecified atom stereocenters. The summed E-state index contributed by atoms with van der Waals surface area (Å²) in [6.07, 6.45) is 2.94. The van der Waals surface area contributed by atoms with Crippen LogP contribution in [0.3, 0.4) is 0 Å². The van der Waals surface area contributed by atoms with Crippen LogP contribution in [-0.4, -0.2) is 24.8 Å². The van der Waals surface area contributed by atoms with E-state index < -0.39 is 11.9 Å². The normalized spacial score (nSPS) is 13.7. The minimum absolute atomic E-state index is 0.0680. The van der Waals surface area contributed by atoms with Crippen molar-refractivity contribution in [3.8, 4) is 11.5 Å². The molecule has 7 heteroatoms. The second-order valence-electron chi connectivity index (χ2n) is 6.08. The molecule has 7 nitrogen and oxygen atoms in total. The highest BCUT2D eigenvalue weighted by molar-refractivity contribution is 6.14. The zero-order valence-corrected chi connectivity index (χ0v) is 15.2. The molecule has 0 radical (unpaired) electrons. The molecule has 0 bridgehead atoms. The number of Topliss-reactive ketones (excluding diaryl/α,β-unsaturated/α-hetero) is 1. The molecule has 0 fully saturated rings. The molecule has 29 heavy (non-hydrogen) atoms. The number of methoxy groups -OCH3 is 1. The van der Waals surface area contributed by atoms with E-state index in [2.05, 4.69) is 4.74 Å². The summed E-state index contributed by atoms with van der Waals surface area (Å²) in [6, 6.07) is 14.1. The maximum absolute atomic E-state index is 12.6. The van der Waals surface area contributed by atoms with Crippen LogP contribution in [0.1, 0.15) is 36.8 Å². The van der Waals surface area contributed by atoms with E-state index in [1.165, 1.54) is 37.6 Å². The Kier molecular flexibility index (Phi) is 4.70. The van der Waals surface area contributed by atoms with Gasteiger partial charge in [0.05, 0.1) is 24.5 Å². The van der Waals surface area contributed by atoms with E-state index in [4.69, 9.17) is 13.9 Å². The van der Waals surface area contributed by atoms with Crippen LogP contribution in [0.5, 0.6) is 11.5 Å². The van der Waals surface area contributed by atoms with Crippen molar-refractivity contribution >= 4 is 23.8 Å². The van der Waals surface area contributed by atoms with E-state index in [1.807, 2.05) is 0 Å². The zero-order chi connectivity index (χ0) is 20.4. The molecular formula is C22H14O7. The Morgan fingerprint density at radius 1 is 1.00 bits per heavy atom. The van der Waals surface area contributed by atoms with Gasteiger partial charge in [-0.05, 0) is 48.0 Å². The van der Waals surface area contributed by atoms with Gasteiger partial charge in [-0.15, -0.1) is 0 Å². The van der Waals surface area contributed by atoms with Crippen LogP contribution < -0.4 is 9.47 Å². The number of furan rings is 1. The molecular weight excluding hydrogens is 376 g/mol. The second-order valence-corrected chi connectivity index (χ2v) is 6.08. The van der Waals surface area contributed by atoms with Crippen LogP contribution in [-0.2, 0) is 4.74 Å². The number of ether oxygens (including phenoxy) is 3. The number of hydrogen-bond acceptors (Lipinski definition) is 7. The first-order chi connectivity index (χ1) is 14.0. The number of ketones is 1. The van der Waals surface area contributed by atoms with E-state index >= 15 is 0 Å². The van der Waals surface area contributed by atoms with Crippen LogP contribution in [0, 0.1) is 0 Å². The van der Waals surface area contributed by atoms with Crippen LogP contribution >= 0.6 is 0 Å². The predicted octanol–water partition coefficient (Wildman–Crippen LogP) is 3.90. The summed E-state index contributed by atoms with van der Waals surface area (Å²) in [5.74, 6) is -0.680. The minimum atomic E-state index is -0.652. The molecule has 2 heterocycles. The van der Waals surface area contributed by atoms with E-state index in [0.29, 0.717) is 16.7 Å². The molecule has 0 N–H and O–H groups in total. The number of allylic oxidation sites excluding steroid dienone is 1. The predicted molar refractivity (Wildman–Crippen MR) is 101 cm³/mol. The summed E-state index contributed by atoms with van der Waals surface area (Å²) in [5, 5.41) is 0. The maximum atomic E-state index is 12.6.